The fourth-order valence-electron chi connectivity index (χ4n) is 3.10. The van der Waals surface area contributed by atoms with Gasteiger partial charge in [0.2, 0.25) is 11.8 Å². The van der Waals surface area contributed by atoms with Gasteiger partial charge in [-0.15, -0.1) is 0 Å². The molecule has 0 saturated carbocycles. The van der Waals surface area contributed by atoms with Crippen LogP contribution in [0.4, 0.5) is 0 Å². The van der Waals surface area contributed by atoms with E-state index in [9.17, 15) is 14.4 Å². The maximum absolute atomic E-state index is 12.4. The summed E-state index contributed by atoms with van der Waals surface area (Å²) < 4.78 is 0.891. The fraction of sp³-hybridized carbons (Fsp3) is 0.353. The number of benzene rings is 1. The van der Waals surface area contributed by atoms with Crippen LogP contribution >= 0.6 is 15.9 Å². The highest BCUT2D eigenvalue weighted by molar-refractivity contribution is 9.10. The van der Waals surface area contributed by atoms with E-state index < -0.39 is 6.04 Å². The first-order valence-electron chi connectivity index (χ1n) is 8.07. The van der Waals surface area contributed by atoms with Crippen molar-refractivity contribution in [3.63, 3.8) is 0 Å². The van der Waals surface area contributed by atoms with Crippen molar-refractivity contribution in [2.45, 2.75) is 18.9 Å². The number of aromatic amines is 1. The summed E-state index contributed by atoms with van der Waals surface area (Å²) in [7, 11) is 1.55. The third-order valence-corrected chi connectivity index (χ3v) is 5.07. The van der Waals surface area contributed by atoms with Crippen LogP contribution in [0.1, 0.15) is 23.3 Å². The van der Waals surface area contributed by atoms with Gasteiger partial charge in [0.25, 0.3) is 5.91 Å². The van der Waals surface area contributed by atoms with Gasteiger partial charge in [-0.05, 0) is 31.0 Å². The third-order valence-electron chi connectivity index (χ3n) is 4.38. The zero-order valence-electron chi connectivity index (χ0n) is 13.8. The van der Waals surface area contributed by atoms with E-state index in [4.69, 9.17) is 0 Å². The molecule has 0 bridgehead atoms. The number of aromatic nitrogens is 1. The van der Waals surface area contributed by atoms with Gasteiger partial charge in [-0.2, -0.15) is 0 Å². The van der Waals surface area contributed by atoms with Crippen molar-refractivity contribution in [1.29, 1.82) is 0 Å². The summed E-state index contributed by atoms with van der Waals surface area (Å²) in [5, 5.41) is 6.10. The number of fused-ring (bicyclic) bond motifs is 1. The largest absolute Gasteiger partial charge is 0.357 e. The van der Waals surface area contributed by atoms with E-state index >= 15 is 0 Å². The SMILES string of the molecule is CNC(=O)C1CCCN1C(=O)CNC(=O)c1cc2c(Br)cccc2[nH]1. The first kappa shape index (κ1) is 17.5. The Morgan fingerprint density at radius 1 is 1.36 bits per heavy atom. The molecule has 1 aromatic carbocycles. The Balaban J connectivity index is 1.64. The molecule has 3 rings (SSSR count). The second-order valence-electron chi connectivity index (χ2n) is 5.93. The summed E-state index contributed by atoms with van der Waals surface area (Å²) in [6.45, 7) is 0.398. The second kappa shape index (κ2) is 7.26. The minimum absolute atomic E-state index is 0.136. The maximum Gasteiger partial charge on any atom is 0.268 e. The summed E-state index contributed by atoms with van der Waals surface area (Å²) in [5.41, 5.74) is 1.23. The van der Waals surface area contributed by atoms with Crippen LogP contribution < -0.4 is 10.6 Å². The molecule has 3 amide bonds. The zero-order chi connectivity index (χ0) is 18.0. The number of nitrogens with one attached hydrogen (secondary N) is 3. The molecule has 7 nitrogen and oxygen atoms in total. The summed E-state index contributed by atoms with van der Waals surface area (Å²) >= 11 is 3.44. The Kier molecular flexibility index (Phi) is 5.08. The molecule has 3 N–H and O–H groups in total. The van der Waals surface area contributed by atoms with Crippen LogP contribution in [0.25, 0.3) is 10.9 Å². The highest BCUT2D eigenvalue weighted by Gasteiger charge is 2.33. The molecule has 0 aliphatic carbocycles. The Bertz CT molecular complexity index is 832. The highest BCUT2D eigenvalue weighted by Crippen LogP contribution is 2.24. The quantitative estimate of drug-likeness (QED) is 0.715. The van der Waals surface area contributed by atoms with Crippen LogP contribution in [0.15, 0.2) is 28.7 Å². The molecule has 1 aliphatic rings. The van der Waals surface area contributed by atoms with E-state index in [1.807, 2.05) is 18.2 Å². The van der Waals surface area contributed by atoms with Gasteiger partial charge in [0, 0.05) is 29.0 Å². The number of likely N-dealkylation sites (N-methyl/N-ethyl adjacent to an activating group) is 1. The van der Waals surface area contributed by atoms with Gasteiger partial charge < -0.3 is 20.5 Å². The molecule has 1 aliphatic heterocycles. The van der Waals surface area contributed by atoms with Crippen LogP contribution in [0.3, 0.4) is 0 Å². The molecule has 2 aromatic rings. The number of amides is 3. The number of carbonyl (C=O) groups is 3. The topological polar surface area (TPSA) is 94.3 Å². The van der Waals surface area contributed by atoms with Crippen LogP contribution in [0.5, 0.6) is 0 Å². The third kappa shape index (κ3) is 3.53. The number of H-pyrrole nitrogens is 1. The van der Waals surface area contributed by atoms with E-state index in [0.29, 0.717) is 18.7 Å². The highest BCUT2D eigenvalue weighted by atomic mass is 79.9. The lowest BCUT2D eigenvalue weighted by atomic mass is 10.2. The van der Waals surface area contributed by atoms with E-state index in [0.717, 1.165) is 21.8 Å². The molecule has 0 spiro atoms. The van der Waals surface area contributed by atoms with Crippen molar-refractivity contribution < 1.29 is 14.4 Å². The number of hydrogen-bond acceptors (Lipinski definition) is 3. The van der Waals surface area contributed by atoms with Gasteiger partial charge in [-0.25, -0.2) is 0 Å². The Hall–Kier alpha value is -2.35. The summed E-state index contributed by atoms with van der Waals surface area (Å²) in [5.74, 6) is -0.776. The van der Waals surface area contributed by atoms with Crippen molar-refractivity contribution in [3.8, 4) is 0 Å². The van der Waals surface area contributed by atoms with Gasteiger partial charge >= 0.3 is 0 Å². The van der Waals surface area contributed by atoms with Gasteiger partial charge in [0.05, 0.1) is 6.54 Å². The van der Waals surface area contributed by atoms with Gasteiger partial charge in [-0.3, -0.25) is 14.4 Å². The molecular weight excluding hydrogens is 388 g/mol. The molecule has 2 heterocycles. The number of nitrogens with zero attached hydrogens (tertiary/aromatic N) is 1. The lowest BCUT2D eigenvalue weighted by Gasteiger charge is -2.23. The molecule has 0 radical (unpaired) electrons. The monoisotopic (exact) mass is 406 g/mol. The molecule has 132 valence electrons. The molecule has 8 heteroatoms. The van der Waals surface area contributed by atoms with Crippen molar-refractivity contribution >= 4 is 44.6 Å². The maximum atomic E-state index is 12.4. The standard InChI is InChI=1S/C17H19BrN4O3/c1-19-17(25)14-6-3-7-22(14)15(23)9-20-16(24)13-8-10-11(18)4-2-5-12(10)21-13/h2,4-5,8,14,21H,3,6-7,9H2,1H3,(H,19,25)(H,20,24). The molecule has 1 fully saturated rings. The summed E-state index contributed by atoms with van der Waals surface area (Å²) in [6, 6.07) is 6.94. The van der Waals surface area contributed by atoms with E-state index in [2.05, 4.69) is 31.5 Å². The Morgan fingerprint density at radius 2 is 2.16 bits per heavy atom. The Morgan fingerprint density at radius 3 is 2.88 bits per heavy atom. The van der Waals surface area contributed by atoms with Crippen LogP contribution in [0.2, 0.25) is 0 Å². The molecule has 1 atom stereocenters. The number of carbonyl (C=O) groups excluding carboxylic acids is 3. The summed E-state index contributed by atoms with van der Waals surface area (Å²) in [6.07, 6.45) is 1.43. The van der Waals surface area contributed by atoms with Crippen LogP contribution in [0, 0.1) is 0 Å². The van der Waals surface area contributed by atoms with Crippen LogP contribution in [-0.2, 0) is 9.59 Å². The first-order chi connectivity index (χ1) is 12.0. The van der Waals surface area contributed by atoms with E-state index in [1.54, 1.807) is 13.1 Å². The number of likely N-dealkylation sites (tertiary alicyclic amines) is 1. The second-order valence-corrected chi connectivity index (χ2v) is 6.78. The Labute approximate surface area is 153 Å². The van der Waals surface area contributed by atoms with Gasteiger partial charge in [0.15, 0.2) is 0 Å². The van der Waals surface area contributed by atoms with Crippen molar-refractivity contribution in [1.82, 2.24) is 20.5 Å². The zero-order valence-corrected chi connectivity index (χ0v) is 15.4. The molecule has 1 aromatic heterocycles. The smallest absolute Gasteiger partial charge is 0.268 e. The molecule has 25 heavy (non-hydrogen) atoms. The van der Waals surface area contributed by atoms with E-state index in [1.165, 1.54) is 4.90 Å². The van der Waals surface area contributed by atoms with Crippen molar-refractivity contribution in [2.75, 3.05) is 20.1 Å². The van der Waals surface area contributed by atoms with Crippen LogP contribution in [-0.4, -0.2) is 53.8 Å². The number of halogens is 1. The fourth-order valence-corrected chi connectivity index (χ4v) is 3.58. The van der Waals surface area contributed by atoms with Crippen molar-refractivity contribution in [2.24, 2.45) is 0 Å². The van der Waals surface area contributed by atoms with E-state index in [-0.39, 0.29) is 24.3 Å². The number of rotatable bonds is 4. The van der Waals surface area contributed by atoms with Gasteiger partial charge in [0.1, 0.15) is 11.7 Å². The number of hydrogen-bond donors (Lipinski definition) is 3. The predicted molar refractivity (Wildman–Crippen MR) is 97.1 cm³/mol. The average Bonchev–Trinajstić information content (AvgIpc) is 3.26. The van der Waals surface area contributed by atoms with Crippen molar-refractivity contribution in [3.05, 3.63) is 34.4 Å². The predicted octanol–water partition coefficient (Wildman–Crippen LogP) is 1.40. The molecular formula is C17H19BrN4O3. The lowest BCUT2D eigenvalue weighted by Crippen LogP contribution is -2.48. The average molecular weight is 407 g/mol. The molecule has 1 saturated heterocycles. The summed E-state index contributed by atoms with van der Waals surface area (Å²) in [4.78, 5) is 41.0. The normalized spacial score (nSPS) is 16.9. The first-order valence-corrected chi connectivity index (χ1v) is 8.87. The minimum atomic E-state index is -0.446. The minimum Gasteiger partial charge on any atom is -0.357 e. The van der Waals surface area contributed by atoms with Gasteiger partial charge in [-0.1, -0.05) is 22.0 Å². The molecule has 1 unspecified atom stereocenters. The lowest BCUT2D eigenvalue weighted by molar-refractivity contribution is -0.137.